The Morgan fingerprint density at radius 3 is 1.64 bits per heavy atom. The molecule has 8 heteroatoms. The molecule has 0 unspecified atom stereocenters. The molecule has 0 saturated carbocycles. The van der Waals surface area contributed by atoms with Gasteiger partial charge in [-0.3, -0.25) is 0 Å². The van der Waals surface area contributed by atoms with Crippen molar-refractivity contribution in [3.8, 4) is 22.3 Å². The summed E-state index contributed by atoms with van der Waals surface area (Å²) < 4.78 is 81.9. The standard InChI is InChI=1S/C25H19F6NS/c1-13-7-15(3)22(16(4)8-13)17-5-6-19(14(2)9-17)18-10-20(24(26,27)28)23(32-12-33)21(11-18)25(29,30)31/h5-11H,1-4H3. The summed E-state index contributed by atoms with van der Waals surface area (Å²) in [6.45, 7) is 7.55. The van der Waals surface area contributed by atoms with Crippen LogP contribution in [0.15, 0.2) is 47.5 Å². The van der Waals surface area contributed by atoms with Gasteiger partial charge in [-0.1, -0.05) is 35.9 Å². The van der Waals surface area contributed by atoms with Crippen molar-refractivity contribution >= 4 is 23.1 Å². The Morgan fingerprint density at radius 1 is 0.697 bits per heavy atom. The van der Waals surface area contributed by atoms with Gasteiger partial charge in [0.05, 0.1) is 22.0 Å². The molecule has 3 rings (SSSR count). The average Bonchev–Trinajstić information content (AvgIpc) is 2.66. The summed E-state index contributed by atoms with van der Waals surface area (Å²) >= 11 is 4.28. The minimum Gasteiger partial charge on any atom is -0.193 e. The third-order valence-electron chi connectivity index (χ3n) is 5.38. The number of thiocarbonyl (C=S) groups is 1. The van der Waals surface area contributed by atoms with Gasteiger partial charge in [-0.2, -0.15) is 31.3 Å². The van der Waals surface area contributed by atoms with Crippen molar-refractivity contribution in [1.82, 2.24) is 0 Å². The molecule has 0 aromatic heterocycles. The summed E-state index contributed by atoms with van der Waals surface area (Å²) in [5, 5.41) is 1.63. The Kier molecular flexibility index (Phi) is 6.55. The second kappa shape index (κ2) is 8.76. The van der Waals surface area contributed by atoms with Gasteiger partial charge in [-0.05, 0) is 91.0 Å². The van der Waals surface area contributed by atoms with Crippen molar-refractivity contribution in [3.63, 3.8) is 0 Å². The Morgan fingerprint density at radius 2 is 1.21 bits per heavy atom. The summed E-state index contributed by atoms with van der Waals surface area (Å²) in [7, 11) is 0. The molecule has 0 radical (unpaired) electrons. The molecule has 3 aromatic rings. The number of hydrogen-bond donors (Lipinski definition) is 0. The third kappa shape index (κ3) is 5.02. The molecule has 0 fully saturated rings. The Hall–Kier alpha value is -2.96. The number of alkyl halides is 6. The molecule has 0 atom stereocenters. The van der Waals surface area contributed by atoms with Crippen molar-refractivity contribution in [3.05, 3.63) is 75.8 Å². The zero-order valence-electron chi connectivity index (χ0n) is 18.2. The normalized spacial score (nSPS) is 11.9. The smallest absolute Gasteiger partial charge is 0.193 e. The lowest BCUT2D eigenvalue weighted by Gasteiger charge is -2.19. The highest BCUT2D eigenvalue weighted by Gasteiger charge is 2.42. The molecule has 33 heavy (non-hydrogen) atoms. The van der Waals surface area contributed by atoms with Crippen LogP contribution < -0.4 is 0 Å². The Bertz CT molecular complexity index is 1220. The number of isothiocyanates is 1. The van der Waals surface area contributed by atoms with Crippen LogP contribution in [0, 0.1) is 27.7 Å². The van der Waals surface area contributed by atoms with E-state index in [0.717, 1.165) is 27.8 Å². The monoisotopic (exact) mass is 479 g/mol. The van der Waals surface area contributed by atoms with Crippen LogP contribution in [0.3, 0.4) is 0 Å². The quantitative estimate of drug-likeness (QED) is 0.207. The van der Waals surface area contributed by atoms with Crippen molar-refractivity contribution in [2.45, 2.75) is 40.0 Å². The minimum atomic E-state index is -5.06. The molecular weight excluding hydrogens is 460 g/mol. The van der Waals surface area contributed by atoms with Gasteiger partial charge in [0.25, 0.3) is 0 Å². The molecule has 0 amide bonds. The first-order valence-electron chi connectivity index (χ1n) is 9.83. The van der Waals surface area contributed by atoms with Crippen molar-refractivity contribution in [1.29, 1.82) is 0 Å². The predicted molar refractivity (Wildman–Crippen MR) is 121 cm³/mol. The SMILES string of the molecule is Cc1cc(C)c(-c2ccc(-c3cc(C(F)(F)F)c(N=C=S)c(C(F)(F)F)c3)c(C)c2)c(C)c1. The van der Waals surface area contributed by atoms with Gasteiger partial charge in [-0.15, -0.1) is 0 Å². The molecule has 0 saturated heterocycles. The summed E-state index contributed by atoms with van der Waals surface area (Å²) in [4.78, 5) is 3.10. The Labute approximate surface area is 192 Å². The molecule has 0 spiro atoms. The van der Waals surface area contributed by atoms with Crippen LogP contribution in [0.5, 0.6) is 0 Å². The van der Waals surface area contributed by atoms with Gasteiger partial charge in [0.15, 0.2) is 0 Å². The molecular formula is C25H19F6NS. The molecule has 0 heterocycles. The van der Waals surface area contributed by atoms with E-state index in [1.165, 1.54) is 0 Å². The van der Waals surface area contributed by atoms with E-state index in [1.807, 2.05) is 32.9 Å². The fraction of sp³-hybridized carbons (Fsp3) is 0.240. The number of hydrogen-bond acceptors (Lipinski definition) is 2. The van der Waals surface area contributed by atoms with Gasteiger partial charge in [0, 0.05) is 0 Å². The number of aliphatic imine (C=N–C) groups is 1. The van der Waals surface area contributed by atoms with E-state index in [4.69, 9.17) is 0 Å². The highest BCUT2D eigenvalue weighted by molar-refractivity contribution is 7.78. The van der Waals surface area contributed by atoms with E-state index in [1.54, 1.807) is 30.3 Å². The van der Waals surface area contributed by atoms with Gasteiger partial charge >= 0.3 is 12.4 Å². The Balaban J connectivity index is 2.27. The summed E-state index contributed by atoms with van der Waals surface area (Å²) in [5.74, 6) is 0. The van der Waals surface area contributed by atoms with Crippen LogP contribution in [-0.4, -0.2) is 5.16 Å². The zero-order valence-corrected chi connectivity index (χ0v) is 19.0. The van der Waals surface area contributed by atoms with Gasteiger partial charge < -0.3 is 0 Å². The number of rotatable bonds is 3. The largest absolute Gasteiger partial charge is 0.418 e. The fourth-order valence-corrected chi connectivity index (χ4v) is 4.26. The van der Waals surface area contributed by atoms with Crippen molar-refractivity contribution in [2.24, 2.45) is 4.99 Å². The molecule has 0 aliphatic carbocycles. The molecule has 0 bridgehead atoms. The lowest BCUT2D eigenvalue weighted by Crippen LogP contribution is -2.12. The maximum Gasteiger partial charge on any atom is 0.418 e. The van der Waals surface area contributed by atoms with E-state index < -0.39 is 29.2 Å². The lowest BCUT2D eigenvalue weighted by molar-refractivity contribution is -0.141. The summed E-state index contributed by atoms with van der Waals surface area (Å²) in [5.41, 5.74) is 1.24. The number of aryl methyl sites for hydroxylation is 4. The van der Waals surface area contributed by atoms with Gasteiger partial charge in [0.2, 0.25) is 0 Å². The maximum absolute atomic E-state index is 13.7. The van der Waals surface area contributed by atoms with Crippen LogP contribution >= 0.6 is 12.2 Å². The van der Waals surface area contributed by atoms with Crippen LogP contribution in [0.2, 0.25) is 0 Å². The van der Waals surface area contributed by atoms with Crippen molar-refractivity contribution in [2.75, 3.05) is 0 Å². The lowest BCUT2D eigenvalue weighted by atomic mass is 9.89. The first kappa shape index (κ1) is 24.7. The second-order valence-electron chi connectivity index (χ2n) is 7.92. The van der Waals surface area contributed by atoms with Crippen LogP contribution in [0.4, 0.5) is 32.0 Å². The van der Waals surface area contributed by atoms with Gasteiger partial charge in [0.1, 0.15) is 0 Å². The maximum atomic E-state index is 13.7. The van der Waals surface area contributed by atoms with Crippen LogP contribution in [-0.2, 0) is 12.4 Å². The highest BCUT2D eigenvalue weighted by Crippen LogP contribution is 2.47. The van der Waals surface area contributed by atoms with E-state index in [2.05, 4.69) is 17.2 Å². The third-order valence-corrected chi connectivity index (χ3v) is 5.47. The van der Waals surface area contributed by atoms with E-state index in [-0.39, 0.29) is 11.1 Å². The number of halogens is 6. The molecule has 0 N–H and O–H groups in total. The topological polar surface area (TPSA) is 12.4 Å². The zero-order chi connectivity index (χ0) is 24.7. The van der Waals surface area contributed by atoms with E-state index in [0.29, 0.717) is 17.7 Å². The van der Waals surface area contributed by atoms with E-state index >= 15 is 0 Å². The van der Waals surface area contributed by atoms with Crippen LogP contribution in [0.25, 0.3) is 22.3 Å². The van der Waals surface area contributed by atoms with E-state index in [9.17, 15) is 26.3 Å². The summed E-state index contributed by atoms with van der Waals surface area (Å²) in [6, 6.07) is 10.4. The molecule has 1 nitrogen and oxygen atoms in total. The van der Waals surface area contributed by atoms with Gasteiger partial charge in [-0.25, -0.2) is 0 Å². The summed E-state index contributed by atoms with van der Waals surface area (Å²) in [6.07, 6.45) is -10.1. The average molecular weight is 479 g/mol. The first-order valence-corrected chi connectivity index (χ1v) is 10.2. The molecule has 0 aliphatic rings. The predicted octanol–water partition coefficient (Wildman–Crippen LogP) is 9.03. The first-order chi connectivity index (χ1) is 15.2. The molecule has 3 aromatic carbocycles. The number of benzene rings is 3. The fourth-order valence-electron chi connectivity index (χ4n) is 4.17. The number of nitrogens with zero attached hydrogens (tertiary/aromatic N) is 1. The molecule has 0 aliphatic heterocycles. The molecule has 172 valence electrons. The van der Waals surface area contributed by atoms with Crippen LogP contribution in [0.1, 0.15) is 33.4 Å². The minimum absolute atomic E-state index is 0.209. The highest BCUT2D eigenvalue weighted by atomic mass is 32.1. The second-order valence-corrected chi connectivity index (χ2v) is 8.10. The van der Waals surface area contributed by atoms with Crippen molar-refractivity contribution < 1.29 is 26.3 Å².